The molecule has 0 spiro atoms. The average molecular weight is 305 g/mol. The molecule has 8 heteroatoms. The summed E-state index contributed by atoms with van der Waals surface area (Å²) in [6.07, 6.45) is 3.90. The number of carbonyl (C=O) groups excluding carboxylic acids is 1. The van der Waals surface area contributed by atoms with E-state index >= 15 is 0 Å². The van der Waals surface area contributed by atoms with Gasteiger partial charge in [-0.1, -0.05) is 23.7 Å². The minimum atomic E-state index is -0.518. The third kappa shape index (κ3) is 4.08. The second-order valence-electron chi connectivity index (χ2n) is 3.84. The average Bonchev–Trinajstić information content (AvgIpc) is 2.45. The Hall–Kier alpha value is -2.80. The number of nitro benzene ring substituents is 1. The summed E-state index contributed by atoms with van der Waals surface area (Å²) in [7, 11) is 0. The molecule has 1 amide bonds. The van der Waals surface area contributed by atoms with Crippen molar-refractivity contribution in [1.29, 1.82) is 0 Å². The highest BCUT2D eigenvalue weighted by atomic mass is 35.5. The Bertz CT molecular complexity index is 718. The Morgan fingerprint density at radius 2 is 2.10 bits per heavy atom. The standard InChI is InChI=1S/C13H9ClN4O3/c14-11-7-8-15-13(16-11)17-12(19)6-5-9-3-1-2-4-10(9)18(20)21/h1-8H,(H,15,16,17,19)/b6-5+. The molecule has 7 nitrogen and oxygen atoms in total. The fourth-order valence-electron chi connectivity index (χ4n) is 1.51. The number of hydrogen-bond acceptors (Lipinski definition) is 5. The lowest BCUT2D eigenvalue weighted by molar-refractivity contribution is -0.385. The minimum absolute atomic E-state index is 0.0553. The molecule has 1 heterocycles. The maximum Gasteiger partial charge on any atom is 0.276 e. The molecule has 0 fully saturated rings. The molecule has 2 rings (SSSR count). The number of amides is 1. The van der Waals surface area contributed by atoms with Crippen LogP contribution < -0.4 is 5.32 Å². The Kier molecular flexibility index (Phi) is 4.57. The van der Waals surface area contributed by atoms with Crippen molar-refractivity contribution in [2.75, 3.05) is 5.32 Å². The highest BCUT2D eigenvalue weighted by molar-refractivity contribution is 6.29. The summed E-state index contributed by atoms with van der Waals surface area (Å²) >= 11 is 5.66. The summed E-state index contributed by atoms with van der Waals surface area (Å²) in [6.45, 7) is 0. The number of para-hydroxylation sites is 1. The van der Waals surface area contributed by atoms with Crippen molar-refractivity contribution in [3.63, 3.8) is 0 Å². The first-order valence-corrected chi connectivity index (χ1v) is 6.15. The predicted molar refractivity (Wildman–Crippen MR) is 77.8 cm³/mol. The molecule has 0 radical (unpaired) electrons. The van der Waals surface area contributed by atoms with E-state index in [0.717, 1.165) is 6.08 Å². The highest BCUT2D eigenvalue weighted by Crippen LogP contribution is 2.18. The van der Waals surface area contributed by atoms with Gasteiger partial charge in [-0.2, -0.15) is 0 Å². The van der Waals surface area contributed by atoms with E-state index < -0.39 is 10.8 Å². The van der Waals surface area contributed by atoms with Crippen molar-refractivity contribution in [1.82, 2.24) is 9.97 Å². The van der Waals surface area contributed by atoms with Gasteiger partial charge in [-0.15, -0.1) is 0 Å². The molecule has 21 heavy (non-hydrogen) atoms. The zero-order chi connectivity index (χ0) is 15.2. The summed E-state index contributed by atoms with van der Waals surface area (Å²) < 4.78 is 0. The van der Waals surface area contributed by atoms with Gasteiger partial charge in [-0.05, 0) is 18.2 Å². The molecule has 0 saturated heterocycles. The first kappa shape index (κ1) is 14.6. The first-order chi connectivity index (χ1) is 10.1. The summed E-state index contributed by atoms with van der Waals surface area (Å²) in [6, 6.07) is 7.57. The normalized spacial score (nSPS) is 10.5. The third-order valence-corrected chi connectivity index (χ3v) is 2.61. The number of nitrogens with one attached hydrogen (secondary N) is 1. The third-order valence-electron chi connectivity index (χ3n) is 2.40. The topological polar surface area (TPSA) is 98.0 Å². The van der Waals surface area contributed by atoms with Crippen molar-refractivity contribution in [3.8, 4) is 0 Å². The first-order valence-electron chi connectivity index (χ1n) is 5.77. The Labute approximate surface area is 124 Å². The predicted octanol–water partition coefficient (Wildman–Crippen LogP) is 2.69. The molecule has 1 aromatic heterocycles. The Morgan fingerprint density at radius 3 is 2.81 bits per heavy atom. The molecule has 0 aliphatic rings. The molecule has 0 unspecified atom stereocenters. The summed E-state index contributed by atoms with van der Waals surface area (Å²) in [5, 5.41) is 13.4. The van der Waals surface area contributed by atoms with E-state index in [4.69, 9.17) is 11.6 Å². The van der Waals surface area contributed by atoms with Crippen molar-refractivity contribution >= 4 is 35.2 Å². The van der Waals surface area contributed by atoms with Crippen LogP contribution in [0.15, 0.2) is 42.6 Å². The van der Waals surface area contributed by atoms with Gasteiger partial charge in [0.2, 0.25) is 5.95 Å². The number of nitro groups is 1. The fraction of sp³-hybridized carbons (Fsp3) is 0. The van der Waals surface area contributed by atoms with Crippen LogP contribution in [0.2, 0.25) is 5.15 Å². The summed E-state index contributed by atoms with van der Waals surface area (Å²) in [4.78, 5) is 29.6. The summed E-state index contributed by atoms with van der Waals surface area (Å²) in [5.41, 5.74) is 0.241. The quantitative estimate of drug-likeness (QED) is 0.405. The van der Waals surface area contributed by atoms with Gasteiger partial charge in [-0.25, -0.2) is 9.97 Å². The van der Waals surface area contributed by atoms with Crippen LogP contribution in [0.4, 0.5) is 11.6 Å². The van der Waals surface area contributed by atoms with E-state index in [1.165, 1.54) is 30.5 Å². The van der Waals surface area contributed by atoms with Gasteiger partial charge in [0, 0.05) is 18.3 Å². The molecule has 0 aliphatic carbocycles. The molecule has 0 atom stereocenters. The lowest BCUT2D eigenvalue weighted by Gasteiger charge is -2.00. The molecular weight excluding hydrogens is 296 g/mol. The van der Waals surface area contributed by atoms with E-state index in [1.54, 1.807) is 12.1 Å². The molecule has 1 aromatic carbocycles. The van der Waals surface area contributed by atoms with Crippen molar-refractivity contribution in [2.45, 2.75) is 0 Å². The van der Waals surface area contributed by atoms with Gasteiger partial charge in [0.05, 0.1) is 10.5 Å². The van der Waals surface area contributed by atoms with Crippen molar-refractivity contribution in [2.24, 2.45) is 0 Å². The number of anilines is 1. The molecule has 0 aliphatic heterocycles. The van der Waals surface area contributed by atoms with Gasteiger partial charge in [-0.3, -0.25) is 20.2 Å². The highest BCUT2D eigenvalue weighted by Gasteiger charge is 2.10. The smallest absolute Gasteiger partial charge is 0.276 e. The van der Waals surface area contributed by atoms with Gasteiger partial charge in [0.15, 0.2) is 0 Å². The van der Waals surface area contributed by atoms with E-state index in [9.17, 15) is 14.9 Å². The molecule has 0 saturated carbocycles. The van der Waals surface area contributed by atoms with Crippen molar-refractivity contribution in [3.05, 3.63) is 63.4 Å². The Morgan fingerprint density at radius 1 is 1.33 bits per heavy atom. The lowest BCUT2D eigenvalue weighted by Crippen LogP contribution is -2.10. The maximum atomic E-state index is 11.7. The zero-order valence-electron chi connectivity index (χ0n) is 10.6. The van der Waals surface area contributed by atoms with Gasteiger partial charge >= 0.3 is 0 Å². The van der Waals surface area contributed by atoms with Gasteiger partial charge in [0.1, 0.15) is 5.15 Å². The molecule has 2 aromatic rings. The lowest BCUT2D eigenvalue weighted by atomic mass is 10.1. The number of halogens is 1. The number of hydrogen-bond donors (Lipinski definition) is 1. The number of rotatable bonds is 4. The van der Waals surface area contributed by atoms with Crippen molar-refractivity contribution < 1.29 is 9.72 Å². The summed E-state index contributed by atoms with van der Waals surface area (Å²) in [5.74, 6) is -0.463. The van der Waals surface area contributed by atoms with Crippen LogP contribution in [-0.2, 0) is 4.79 Å². The second kappa shape index (κ2) is 6.58. The maximum absolute atomic E-state index is 11.7. The fourth-order valence-corrected chi connectivity index (χ4v) is 1.65. The van der Waals surface area contributed by atoms with Gasteiger partial charge in [0.25, 0.3) is 11.6 Å². The largest absolute Gasteiger partial charge is 0.291 e. The molecule has 1 N–H and O–H groups in total. The molecule has 106 valence electrons. The number of carbonyl (C=O) groups is 1. The number of nitrogens with zero attached hydrogens (tertiary/aromatic N) is 3. The molecular formula is C13H9ClN4O3. The Balaban J connectivity index is 2.11. The number of benzene rings is 1. The van der Waals surface area contributed by atoms with E-state index in [2.05, 4.69) is 15.3 Å². The SMILES string of the molecule is O=C(/C=C/c1ccccc1[N+](=O)[O-])Nc1nccc(Cl)n1. The molecule has 0 bridgehead atoms. The van der Waals surface area contributed by atoms with E-state index in [-0.39, 0.29) is 16.8 Å². The van der Waals surface area contributed by atoms with E-state index in [1.807, 2.05) is 0 Å². The van der Waals surface area contributed by atoms with Crippen LogP contribution in [-0.4, -0.2) is 20.8 Å². The number of aromatic nitrogens is 2. The zero-order valence-corrected chi connectivity index (χ0v) is 11.3. The van der Waals surface area contributed by atoms with Crippen LogP contribution in [0.3, 0.4) is 0 Å². The van der Waals surface area contributed by atoms with Gasteiger partial charge < -0.3 is 0 Å². The van der Waals surface area contributed by atoms with Crippen LogP contribution in [0.1, 0.15) is 5.56 Å². The van der Waals surface area contributed by atoms with E-state index in [0.29, 0.717) is 5.56 Å². The second-order valence-corrected chi connectivity index (χ2v) is 4.23. The van der Waals surface area contributed by atoms with Crippen LogP contribution in [0, 0.1) is 10.1 Å². The minimum Gasteiger partial charge on any atom is -0.291 e. The monoisotopic (exact) mass is 304 g/mol. The van der Waals surface area contributed by atoms with Crippen LogP contribution in [0.5, 0.6) is 0 Å². The van der Waals surface area contributed by atoms with Crippen LogP contribution in [0.25, 0.3) is 6.08 Å². The van der Waals surface area contributed by atoms with Crippen LogP contribution >= 0.6 is 11.6 Å².